The van der Waals surface area contributed by atoms with E-state index in [1.54, 1.807) is 0 Å². The van der Waals surface area contributed by atoms with E-state index in [0.717, 1.165) is 85.6 Å². The van der Waals surface area contributed by atoms with Crippen molar-refractivity contribution in [3.63, 3.8) is 0 Å². The van der Waals surface area contributed by atoms with Crippen LogP contribution in [0.5, 0.6) is 0 Å². The Hall–Kier alpha value is -7.50. The third-order valence-electron chi connectivity index (χ3n) is 11.6. The van der Waals surface area contributed by atoms with Crippen LogP contribution in [0.4, 0.5) is 0 Å². The van der Waals surface area contributed by atoms with Crippen LogP contribution >= 0.6 is 0 Å². The van der Waals surface area contributed by atoms with E-state index in [1.165, 1.54) is 32.6 Å². The molecule has 11 aromatic rings. The van der Waals surface area contributed by atoms with Crippen molar-refractivity contribution < 1.29 is 4.42 Å². The zero-order chi connectivity index (χ0) is 37.5. The molecule has 57 heavy (non-hydrogen) atoms. The molecule has 268 valence electrons. The Morgan fingerprint density at radius 2 is 1.04 bits per heavy atom. The summed E-state index contributed by atoms with van der Waals surface area (Å²) >= 11 is 0. The second kappa shape index (κ2) is 12.5. The lowest BCUT2D eigenvalue weighted by Crippen LogP contribution is -2.00. The first-order valence-electron chi connectivity index (χ1n) is 19.6. The van der Waals surface area contributed by atoms with Gasteiger partial charge in [-0.05, 0) is 55.3 Å². The Morgan fingerprint density at radius 1 is 0.456 bits per heavy atom. The molecule has 1 aliphatic carbocycles. The van der Waals surface area contributed by atoms with Gasteiger partial charge in [0.25, 0.3) is 0 Å². The monoisotopic (exact) mass is 730 g/mol. The van der Waals surface area contributed by atoms with Gasteiger partial charge >= 0.3 is 0 Å². The molecule has 0 radical (unpaired) electrons. The molecule has 0 atom stereocenters. The molecule has 0 amide bonds. The minimum absolute atomic E-state index is 0.671. The van der Waals surface area contributed by atoms with Crippen molar-refractivity contribution >= 4 is 60.7 Å². The molecule has 0 saturated carbocycles. The average Bonchev–Trinajstić information content (AvgIpc) is 3.95. The van der Waals surface area contributed by atoms with E-state index in [2.05, 4.69) is 179 Å². The van der Waals surface area contributed by atoms with Crippen molar-refractivity contribution in [3.8, 4) is 45.3 Å². The fraction of sp³-hybridized carbons (Fsp3) is 0.0385. The second-order valence-corrected chi connectivity index (χ2v) is 14.9. The molecular weight excluding hydrogens is 697 g/mol. The van der Waals surface area contributed by atoms with Crippen molar-refractivity contribution in [3.05, 3.63) is 187 Å². The number of hydrogen-bond donors (Lipinski definition) is 0. The first kappa shape index (κ1) is 31.8. The SMILES string of the molecule is C1=Cc2oc3c(ccc4c5ccc6c7ccccc7n(-c7ccccc7)c6c5n(-c5cccc(-c6nc(-c7ccccc7)cc(-c7ccccc7)n6)c5)c43)c2CC1. The average molecular weight is 731 g/mol. The predicted octanol–water partition coefficient (Wildman–Crippen LogP) is 13.4. The Bertz CT molecular complexity index is 3330. The van der Waals surface area contributed by atoms with Crippen LogP contribution in [0.15, 0.2) is 180 Å². The number of fused-ring (bicyclic) bond motifs is 11. The van der Waals surface area contributed by atoms with Gasteiger partial charge in [0.2, 0.25) is 0 Å². The lowest BCUT2D eigenvalue weighted by molar-refractivity contribution is 0.597. The number of aryl methyl sites for hydroxylation is 1. The highest BCUT2D eigenvalue weighted by Gasteiger charge is 2.26. The largest absolute Gasteiger partial charge is 0.454 e. The Balaban J connectivity index is 1.20. The normalized spacial score (nSPS) is 12.7. The van der Waals surface area contributed by atoms with Crippen LogP contribution in [0, 0.1) is 0 Å². The molecule has 0 bridgehead atoms. The van der Waals surface area contributed by atoms with Crippen molar-refractivity contribution in [1.29, 1.82) is 0 Å². The molecule has 0 aliphatic heterocycles. The van der Waals surface area contributed by atoms with Crippen molar-refractivity contribution in [2.24, 2.45) is 0 Å². The van der Waals surface area contributed by atoms with Crippen molar-refractivity contribution in [2.45, 2.75) is 12.8 Å². The fourth-order valence-corrected chi connectivity index (χ4v) is 9.04. The van der Waals surface area contributed by atoms with Gasteiger partial charge in [-0.25, -0.2) is 9.97 Å². The smallest absolute Gasteiger partial charge is 0.160 e. The highest BCUT2D eigenvalue weighted by atomic mass is 16.3. The summed E-state index contributed by atoms with van der Waals surface area (Å²) in [6, 6.07) is 60.1. The highest BCUT2D eigenvalue weighted by molar-refractivity contribution is 6.26. The van der Waals surface area contributed by atoms with Crippen molar-refractivity contribution in [1.82, 2.24) is 19.1 Å². The maximum atomic E-state index is 6.89. The molecule has 0 N–H and O–H groups in total. The summed E-state index contributed by atoms with van der Waals surface area (Å²) in [5, 5.41) is 5.91. The van der Waals surface area contributed by atoms with Crippen LogP contribution in [0.25, 0.3) is 106 Å². The van der Waals surface area contributed by atoms with Crippen LogP contribution in [0.2, 0.25) is 0 Å². The summed E-state index contributed by atoms with van der Waals surface area (Å²) in [5.41, 5.74) is 13.6. The van der Waals surface area contributed by atoms with Gasteiger partial charge in [-0.1, -0.05) is 140 Å². The summed E-state index contributed by atoms with van der Waals surface area (Å²) in [6.07, 6.45) is 6.34. The minimum Gasteiger partial charge on any atom is -0.454 e. The molecule has 5 nitrogen and oxygen atoms in total. The molecule has 4 aromatic heterocycles. The molecule has 12 rings (SSSR count). The molecular formula is C52H34N4O. The number of nitrogens with zero attached hydrogens (tertiary/aromatic N) is 4. The number of para-hydroxylation sites is 2. The zero-order valence-electron chi connectivity index (χ0n) is 30.9. The fourth-order valence-electron chi connectivity index (χ4n) is 9.04. The Morgan fingerprint density at radius 3 is 1.77 bits per heavy atom. The van der Waals surface area contributed by atoms with E-state index in [9.17, 15) is 0 Å². The number of aromatic nitrogens is 4. The van der Waals surface area contributed by atoms with E-state index in [4.69, 9.17) is 14.4 Å². The number of benzene rings is 7. The first-order chi connectivity index (χ1) is 28.3. The topological polar surface area (TPSA) is 48.8 Å². The van der Waals surface area contributed by atoms with Crippen LogP contribution in [-0.4, -0.2) is 19.1 Å². The highest BCUT2D eigenvalue weighted by Crippen LogP contribution is 2.45. The summed E-state index contributed by atoms with van der Waals surface area (Å²) < 4.78 is 11.8. The predicted molar refractivity (Wildman–Crippen MR) is 234 cm³/mol. The standard InChI is InChI=1S/C52H34N4O/c1-4-15-33(16-5-1)44-32-45(34-17-6-2-7-18-34)54-52(53-44)35-19-14-22-37(31-35)56-49-41(42-29-30-43-39-24-11-13-26-47(39)57-51(43)50(42)56)28-27-40-38-23-10-12-25-46(38)55(48(40)49)36-20-8-3-9-21-36/h1-10,12-23,25-32H,11,24H2. The number of furan rings is 1. The minimum atomic E-state index is 0.671. The second-order valence-electron chi connectivity index (χ2n) is 14.9. The maximum absolute atomic E-state index is 6.89. The summed E-state index contributed by atoms with van der Waals surface area (Å²) in [5.74, 6) is 1.63. The van der Waals surface area contributed by atoms with Gasteiger partial charge in [0, 0.05) is 60.6 Å². The molecule has 0 saturated heterocycles. The summed E-state index contributed by atoms with van der Waals surface area (Å²) in [4.78, 5) is 10.4. The van der Waals surface area contributed by atoms with Crippen LogP contribution in [0.3, 0.4) is 0 Å². The van der Waals surface area contributed by atoms with Gasteiger partial charge in [0.05, 0.1) is 33.5 Å². The third-order valence-corrected chi connectivity index (χ3v) is 11.6. The summed E-state index contributed by atoms with van der Waals surface area (Å²) in [6.45, 7) is 0. The molecule has 7 aromatic carbocycles. The zero-order valence-corrected chi connectivity index (χ0v) is 30.9. The molecule has 4 heterocycles. The van der Waals surface area contributed by atoms with Gasteiger partial charge in [-0.2, -0.15) is 0 Å². The molecule has 0 unspecified atom stereocenters. The van der Waals surface area contributed by atoms with Crippen LogP contribution in [-0.2, 0) is 6.42 Å². The number of hydrogen-bond acceptors (Lipinski definition) is 3. The van der Waals surface area contributed by atoms with E-state index < -0.39 is 0 Å². The quantitative estimate of drug-likeness (QED) is 0.177. The molecule has 0 spiro atoms. The van der Waals surface area contributed by atoms with Gasteiger partial charge in [0.15, 0.2) is 11.4 Å². The van der Waals surface area contributed by atoms with Crippen LogP contribution in [0.1, 0.15) is 17.7 Å². The molecule has 5 heteroatoms. The maximum Gasteiger partial charge on any atom is 0.160 e. The lowest BCUT2D eigenvalue weighted by Gasteiger charge is -2.14. The van der Waals surface area contributed by atoms with Crippen molar-refractivity contribution in [2.75, 3.05) is 0 Å². The third kappa shape index (κ3) is 4.89. The van der Waals surface area contributed by atoms with Gasteiger partial charge in [-0.15, -0.1) is 0 Å². The number of rotatable bonds is 5. The van der Waals surface area contributed by atoms with Gasteiger partial charge in [0.1, 0.15) is 5.76 Å². The Labute approximate surface area is 328 Å². The summed E-state index contributed by atoms with van der Waals surface area (Å²) in [7, 11) is 0. The molecule has 1 aliphatic rings. The van der Waals surface area contributed by atoms with Gasteiger partial charge in [-0.3, -0.25) is 0 Å². The lowest BCUT2D eigenvalue weighted by atomic mass is 10.00. The van der Waals surface area contributed by atoms with E-state index in [-0.39, 0.29) is 0 Å². The van der Waals surface area contributed by atoms with E-state index in [0.29, 0.717) is 5.82 Å². The van der Waals surface area contributed by atoms with E-state index >= 15 is 0 Å². The molecule has 0 fully saturated rings. The number of allylic oxidation sites excluding steroid dienone is 1. The van der Waals surface area contributed by atoms with Crippen LogP contribution < -0.4 is 0 Å². The Kier molecular flexibility index (Phi) is 6.99. The van der Waals surface area contributed by atoms with Gasteiger partial charge < -0.3 is 13.6 Å². The van der Waals surface area contributed by atoms with E-state index in [1.807, 2.05) is 12.1 Å². The first-order valence-corrected chi connectivity index (χ1v) is 19.6.